The van der Waals surface area contributed by atoms with Crippen LogP contribution in [-0.2, 0) is 27.3 Å². The summed E-state index contributed by atoms with van der Waals surface area (Å²) in [6.45, 7) is 6.29. The first kappa shape index (κ1) is 20.1. The Bertz CT molecular complexity index is 1140. The van der Waals surface area contributed by atoms with Crippen molar-refractivity contribution in [1.82, 2.24) is 9.55 Å². The van der Waals surface area contributed by atoms with Crippen LogP contribution >= 0.6 is 23.1 Å². The van der Waals surface area contributed by atoms with Gasteiger partial charge in [0.05, 0.1) is 30.4 Å². The van der Waals surface area contributed by atoms with Crippen molar-refractivity contribution in [3.63, 3.8) is 0 Å². The predicted molar refractivity (Wildman–Crippen MR) is 115 cm³/mol. The maximum Gasteiger partial charge on any atom is 0.318 e. The fourth-order valence-electron chi connectivity index (χ4n) is 3.43. The number of methoxy groups -OCH3 is 1. The molecule has 3 aromatic rings. The van der Waals surface area contributed by atoms with Crippen LogP contribution in [-0.4, -0.2) is 33.5 Å². The molecule has 8 heteroatoms. The fraction of sp³-hybridized carbons (Fsp3) is 0.381. The number of hydrogen-bond acceptors (Lipinski definition) is 7. The number of rotatable bonds is 4. The first-order chi connectivity index (χ1) is 13.8. The number of fused-ring (bicyclic) bond motifs is 3. The van der Waals surface area contributed by atoms with Crippen molar-refractivity contribution in [2.75, 3.05) is 7.11 Å². The summed E-state index contributed by atoms with van der Waals surface area (Å²) in [6, 6.07) is 9.40. The van der Waals surface area contributed by atoms with Gasteiger partial charge in [0.1, 0.15) is 10.1 Å². The standard InChI is InChI=1S/C21H22N2O4S2/c1-12(19(25)26-4)28-20-22-17-16(14-10-21(2,3)27-11-15(14)29-17)18(24)23(20)13-8-6-5-7-9-13/h5-9,12H,10-11H2,1-4H3. The zero-order valence-electron chi connectivity index (χ0n) is 16.7. The van der Waals surface area contributed by atoms with Crippen LogP contribution in [0.15, 0.2) is 40.3 Å². The van der Waals surface area contributed by atoms with E-state index in [1.165, 1.54) is 30.2 Å². The highest BCUT2D eigenvalue weighted by atomic mass is 32.2. The average molecular weight is 431 g/mol. The highest BCUT2D eigenvalue weighted by Crippen LogP contribution is 2.38. The van der Waals surface area contributed by atoms with E-state index < -0.39 is 5.25 Å². The number of thioether (sulfide) groups is 1. The molecule has 1 aliphatic heterocycles. The number of ether oxygens (including phenoxy) is 2. The number of esters is 1. The summed E-state index contributed by atoms with van der Waals surface area (Å²) >= 11 is 2.72. The molecule has 0 spiro atoms. The van der Waals surface area contributed by atoms with Crippen LogP contribution in [0.2, 0.25) is 0 Å². The van der Waals surface area contributed by atoms with Crippen molar-refractivity contribution in [3.8, 4) is 5.69 Å². The number of carbonyl (C=O) groups is 1. The van der Waals surface area contributed by atoms with Crippen molar-refractivity contribution < 1.29 is 14.3 Å². The first-order valence-electron chi connectivity index (χ1n) is 9.32. The van der Waals surface area contributed by atoms with Gasteiger partial charge in [0.25, 0.3) is 5.56 Å². The SMILES string of the molecule is COC(=O)C(C)Sc1nc2sc3c(c2c(=O)n1-c1ccccc1)CC(C)(C)OC3. The van der Waals surface area contributed by atoms with Crippen LogP contribution in [0.25, 0.3) is 15.9 Å². The fourth-order valence-corrected chi connectivity index (χ4v) is 5.53. The molecule has 0 saturated heterocycles. The zero-order valence-corrected chi connectivity index (χ0v) is 18.4. The summed E-state index contributed by atoms with van der Waals surface area (Å²) in [7, 11) is 1.36. The molecule has 0 fully saturated rings. The quantitative estimate of drug-likeness (QED) is 0.355. The lowest BCUT2D eigenvalue weighted by Gasteiger charge is -2.29. The van der Waals surface area contributed by atoms with Crippen LogP contribution in [0, 0.1) is 0 Å². The van der Waals surface area contributed by atoms with Gasteiger partial charge in [-0.25, -0.2) is 4.98 Å². The van der Waals surface area contributed by atoms with E-state index in [-0.39, 0.29) is 17.1 Å². The third-order valence-corrected chi connectivity index (χ3v) is 7.03. The van der Waals surface area contributed by atoms with Crippen LogP contribution in [0.5, 0.6) is 0 Å². The number of thiophene rings is 1. The lowest BCUT2D eigenvalue weighted by Crippen LogP contribution is -2.32. The van der Waals surface area contributed by atoms with E-state index in [9.17, 15) is 9.59 Å². The minimum Gasteiger partial charge on any atom is -0.468 e. The molecule has 6 nitrogen and oxygen atoms in total. The molecule has 1 unspecified atom stereocenters. The molecule has 29 heavy (non-hydrogen) atoms. The first-order valence-corrected chi connectivity index (χ1v) is 11.0. The lowest BCUT2D eigenvalue weighted by atomic mass is 9.94. The summed E-state index contributed by atoms with van der Waals surface area (Å²) < 4.78 is 12.4. The predicted octanol–water partition coefficient (Wildman–Crippen LogP) is 3.95. The molecule has 0 radical (unpaired) electrons. The Balaban J connectivity index is 1.95. The topological polar surface area (TPSA) is 70.4 Å². The van der Waals surface area contributed by atoms with E-state index in [0.717, 1.165) is 16.1 Å². The van der Waals surface area contributed by atoms with Gasteiger partial charge in [-0.05, 0) is 38.5 Å². The normalized spacial score (nSPS) is 16.4. The Morgan fingerprint density at radius 1 is 1.34 bits per heavy atom. The van der Waals surface area contributed by atoms with Gasteiger partial charge in [-0.2, -0.15) is 0 Å². The molecular formula is C21H22N2O4S2. The van der Waals surface area contributed by atoms with Crippen molar-refractivity contribution in [1.29, 1.82) is 0 Å². The zero-order chi connectivity index (χ0) is 20.8. The van der Waals surface area contributed by atoms with Gasteiger partial charge in [0.2, 0.25) is 0 Å². The van der Waals surface area contributed by atoms with Crippen molar-refractivity contribution in [2.24, 2.45) is 0 Å². The summed E-state index contributed by atoms with van der Waals surface area (Å²) in [4.78, 5) is 32.2. The molecule has 1 aromatic carbocycles. The van der Waals surface area contributed by atoms with E-state index in [1.54, 1.807) is 11.5 Å². The van der Waals surface area contributed by atoms with Gasteiger partial charge < -0.3 is 9.47 Å². The van der Waals surface area contributed by atoms with E-state index in [4.69, 9.17) is 14.5 Å². The molecule has 0 aliphatic carbocycles. The minimum absolute atomic E-state index is 0.115. The number of para-hydroxylation sites is 1. The molecular weight excluding hydrogens is 408 g/mol. The molecule has 1 aliphatic rings. The van der Waals surface area contributed by atoms with E-state index in [0.29, 0.717) is 28.4 Å². The number of hydrogen-bond donors (Lipinski definition) is 0. The third kappa shape index (κ3) is 3.72. The molecule has 2 aromatic heterocycles. The van der Waals surface area contributed by atoms with E-state index in [2.05, 4.69) is 0 Å². The van der Waals surface area contributed by atoms with Crippen molar-refractivity contribution >= 4 is 39.3 Å². The summed E-state index contributed by atoms with van der Waals surface area (Å²) in [6.07, 6.45) is 0.666. The monoisotopic (exact) mass is 430 g/mol. The summed E-state index contributed by atoms with van der Waals surface area (Å²) in [5.74, 6) is -0.357. The minimum atomic E-state index is -0.490. The van der Waals surface area contributed by atoms with Crippen LogP contribution < -0.4 is 5.56 Å². The second-order valence-electron chi connectivity index (χ2n) is 7.56. The Morgan fingerprint density at radius 3 is 2.76 bits per heavy atom. The lowest BCUT2D eigenvalue weighted by molar-refractivity contribution is -0.139. The van der Waals surface area contributed by atoms with Gasteiger partial charge in [0, 0.05) is 11.3 Å². The molecule has 4 rings (SSSR count). The molecule has 0 bridgehead atoms. The van der Waals surface area contributed by atoms with Crippen LogP contribution in [0.4, 0.5) is 0 Å². The second-order valence-corrected chi connectivity index (χ2v) is 9.95. The Hall–Kier alpha value is -2.16. The van der Waals surface area contributed by atoms with Gasteiger partial charge in [-0.15, -0.1) is 11.3 Å². The number of carbonyl (C=O) groups excluding carboxylic acids is 1. The molecule has 152 valence electrons. The molecule has 1 atom stereocenters. The summed E-state index contributed by atoms with van der Waals surface area (Å²) in [5, 5.41) is 0.641. The average Bonchev–Trinajstić information content (AvgIpc) is 3.04. The molecule has 3 heterocycles. The van der Waals surface area contributed by atoms with Crippen LogP contribution in [0.3, 0.4) is 0 Å². The smallest absolute Gasteiger partial charge is 0.318 e. The largest absolute Gasteiger partial charge is 0.468 e. The Kier molecular flexibility index (Phi) is 5.27. The Morgan fingerprint density at radius 2 is 2.07 bits per heavy atom. The third-order valence-electron chi connectivity index (χ3n) is 4.90. The molecule has 0 amide bonds. The van der Waals surface area contributed by atoms with Gasteiger partial charge in [0.15, 0.2) is 5.16 Å². The van der Waals surface area contributed by atoms with Crippen LogP contribution in [0.1, 0.15) is 31.2 Å². The number of aromatic nitrogens is 2. The van der Waals surface area contributed by atoms with Gasteiger partial charge in [-0.3, -0.25) is 14.2 Å². The highest BCUT2D eigenvalue weighted by molar-refractivity contribution is 8.00. The summed E-state index contributed by atoms with van der Waals surface area (Å²) in [5.41, 5.74) is 1.31. The molecule has 0 N–H and O–H groups in total. The maximum atomic E-state index is 13.7. The maximum absolute atomic E-state index is 13.7. The second kappa shape index (κ2) is 7.59. The number of benzene rings is 1. The highest BCUT2D eigenvalue weighted by Gasteiger charge is 2.32. The van der Waals surface area contributed by atoms with Gasteiger partial charge in [-0.1, -0.05) is 30.0 Å². The van der Waals surface area contributed by atoms with Crippen molar-refractivity contribution in [2.45, 2.75) is 49.8 Å². The van der Waals surface area contributed by atoms with Crippen molar-refractivity contribution in [3.05, 3.63) is 51.1 Å². The van der Waals surface area contributed by atoms with Gasteiger partial charge >= 0.3 is 5.97 Å². The van der Waals surface area contributed by atoms with E-state index in [1.807, 2.05) is 44.2 Å². The van der Waals surface area contributed by atoms with E-state index >= 15 is 0 Å². The Labute approximate surface area is 176 Å². The number of nitrogens with zero attached hydrogens (tertiary/aromatic N) is 2. The molecule has 0 saturated carbocycles.